The molecule has 34 heavy (non-hydrogen) atoms. The lowest BCUT2D eigenvalue weighted by molar-refractivity contribution is -0.126. The lowest BCUT2D eigenvalue weighted by Crippen LogP contribution is -2.37. The van der Waals surface area contributed by atoms with E-state index in [1.165, 1.54) is 4.90 Å². The molecule has 0 N–H and O–H groups in total. The summed E-state index contributed by atoms with van der Waals surface area (Å²) in [6.07, 6.45) is -0.966. The van der Waals surface area contributed by atoms with Gasteiger partial charge in [-0.15, -0.1) is 0 Å². The molecule has 0 spiro atoms. The molecule has 0 saturated carbocycles. The highest BCUT2D eigenvalue weighted by Gasteiger charge is 2.60. The summed E-state index contributed by atoms with van der Waals surface area (Å²) < 4.78 is 16.2. The Labute approximate surface area is 197 Å². The van der Waals surface area contributed by atoms with Gasteiger partial charge in [0.05, 0.1) is 38.7 Å². The van der Waals surface area contributed by atoms with Gasteiger partial charge in [0.25, 0.3) is 5.91 Å². The molecular weight excluding hydrogens is 436 g/mol. The van der Waals surface area contributed by atoms with Crippen LogP contribution in [0.2, 0.25) is 0 Å². The number of anilines is 2. The smallest absolute Gasteiger partial charge is 0.266 e. The van der Waals surface area contributed by atoms with Gasteiger partial charge in [-0.05, 0) is 48.5 Å². The number of fused-ring (bicyclic) bond motifs is 1. The van der Waals surface area contributed by atoms with Gasteiger partial charge in [-0.1, -0.05) is 18.2 Å². The zero-order chi connectivity index (χ0) is 23.8. The second-order valence-electron chi connectivity index (χ2n) is 7.98. The Hall–Kier alpha value is -4.04. The van der Waals surface area contributed by atoms with Crippen molar-refractivity contribution in [1.82, 2.24) is 0 Å². The summed E-state index contributed by atoms with van der Waals surface area (Å²) in [4.78, 5) is 34.5. The number of ether oxygens (including phenoxy) is 3. The fourth-order valence-corrected chi connectivity index (χ4v) is 4.58. The van der Waals surface area contributed by atoms with Crippen molar-refractivity contribution in [3.05, 3.63) is 78.4 Å². The second-order valence-corrected chi connectivity index (χ2v) is 7.98. The van der Waals surface area contributed by atoms with Gasteiger partial charge >= 0.3 is 0 Å². The molecule has 0 aliphatic carbocycles. The Bertz CT molecular complexity index is 1210. The lowest BCUT2D eigenvalue weighted by atomic mass is 9.90. The van der Waals surface area contributed by atoms with Gasteiger partial charge in [-0.3, -0.25) is 14.4 Å². The molecule has 0 aromatic heterocycles. The summed E-state index contributed by atoms with van der Waals surface area (Å²) in [5, 5.41) is 1.64. The molecule has 2 aliphatic rings. The molecule has 174 valence electrons. The highest BCUT2D eigenvalue weighted by molar-refractivity contribution is 6.24. The van der Waals surface area contributed by atoms with Gasteiger partial charge < -0.3 is 14.2 Å². The van der Waals surface area contributed by atoms with E-state index in [1.54, 1.807) is 62.8 Å². The topological polar surface area (TPSA) is 77.5 Å². The SMILES string of the molecule is COc1ccc(N2C(=O)C3ON(c4ccccc4)C(c4ccc(OC)cc4OC)C3C2=O)cc1. The summed E-state index contributed by atoms with van der Waals surface area (Å²) in [5.74, 6) is 0.290. The zero-order valence-corrected chi connectivity index (χ0v) is 19.0. The molecule has 8 nitrogen and oxygen atoms in total. The predicted octanol–water partition coefficient (Wildman–Crippen LogP) is 3.76. The number of hydrogen-bond acceptors (Lipinski definition) is 7. The number of hydroxylamine groups is 1. The predicted molar refractivity (Wildman–Crippen MR) is 125 cm³/mol. The second kappa shape index (κ2) is 8.72. The van der Waals surface area contributed by atoms with Gasteiger partial charge in [0.1, 0.15) is 23.2 Å². The highest BCUT2D eigenvalue weighted by atomic mass is 16.7. The summed E-state index contributed by atoms with van der Waals surface area (Å²) in [6, 6.07) is 21.0. The normalized spacial score (nSPS) is 21.6. The quantitative estimate of drug-likeness (QED) is 0.519. The van der Waals surface area contributed by atoms with Crippen LogP contribution in [0.1, 0.15) is 11.6 Å². The first-order valence-corrected chi connectivity index (χ1v) is 10.8. The van der Waals surface area contributed by atoms with Crippen LogP contribution in [0.25, 0.3) is 0 Å². The number of rotatable bonds is 6. The monoisotopic (exact) mass is 460 g/mol. The van der Waals surface area contributed by atoms with Crippen LogP contribution in [0.3, 0.4) is 0 Å². The molecular formula is C26H24N2O6. The maximum atomic E-state index is 13.7. The van der Waals surface area contributed by atoms with E-state index in [1.807, 2.05) is 36.4 Å². The molecule has 3 atom stereocenters. The highest BCUT2D eigenvalue weighted by Crippen LogP contribution is 2.50. The molecule has 2 amide bonds. The summed E-state index contributed by atoms with van der Waals surface area (Å²) in [7, 11) is 4.69. The van der Waals surface area contributed by atoms with Crippen LogP contribution in [0, 0.1) is 5.92 Å². The van der Waals surface area contributed by atoms with Crippen LogP contribution in [0.15, 0.2) is 72.8 Å². The molecule has 2 heterocycles. The van der Waals surface area contributed by atoms with E-state index in [9.17, 15) is 9.59 Å². The Morgan fingerprint density at radius 2 is 1.41 bits per heavy atom. The number of nitrogens with zero attached hydrogens (tertiary/aromatic N) is 2. The minimum Gasteiger partial charge on any atom is -0.497 e. The van der Waals surface area contributed by atoms with Crippen molar-refractivity contribution in [1.29, 1.82) is 0 Å². The lowest BCUT2D eigenvalue weighted by Gasteiger charge is -2.29. The molecule has 0 bridgehead atoms. The van der Waals surface area contributed by atoms with Crippen molar-refractivity contribution in [3.8, 4) is 17.2 Å². The van der Waals surface area contributed by atoms with Crippen molar-refractivity contribution in [3.63, 3.8) is 0 Å². The molecule has 3 aromatic carbocycles. The largest absolute Gasteiger partial charge is 0.497 e. The first-order chi connectivity index (χ1) is 16.6. The fraction of sp³-hybridized carbons (Fsp3) is 0.231. The molecule has 3 aromatic rings. The first kappa shape index (κ1) is 21.8. The third-order valence-corrected chi connectivity index (χ3v) is 6.22. The van der Waals surface area contributed by atoms with Gasteiger partial charge in [0, 0.05) is 11.6 Å². The van der Waals surface area contributed by atoms with Crippen LogP contribution < -0.4 is 24.2 Å². The van der Waals surface area contributed by atoms with Crippen LogP contribution in [0.4, 0.5) is 11.4 Å². The van der Waals surface area contributed by atoms with Crippen LogP contribution in [-0.2, 0) is 14.4 Å². The van der Waals surface area contributed by atoms with Gasteiger partial charge in [0.2, 0.25) is 5.91 Å². The molecule has 5 rings (SSSR count). The Balaban J connectivity index is 1.60. The third-order valence-electron chi connectivity index (χ3n) is 6.22. The van der Waals surface area contributed by atoms with E-state index in [4.69, 9.17) is 19.0 Å². The maximum Gasteiger partial charge on any atom is 0.266 e. The number of benzene rings is 3. The molecule has 3 unspecified atom stereocenters. The van der Waals surface area contributed by atoms with Crippen LogP contribution in [-0.4, -0.2) is 39.2 Å². The van der Waals surface area contributed by atoms with Gasteiger partial charge in [-0.25, -0.2) is 9.96 Å². The average molecular weight is 460 g/mol. The molecule has 2 fully saturated rings. The number of hydrogen-bond donors (Lipinski definition) is 0. The van der Waals surface area contributed by atoms with Gasteiger partial charge in [0.15, 0.2) is 6.10 Å². The van der Waals surface area contributed by atoms with Crippen molar-refractivity contribution in [2.45, 2.75) is 12.1 Å². The number of imide groups is 1. The van der Waals surface area contributed by atoms with Crippen molar-refractivity contribution in [2.75, 3.05) is 31.3 Å². The Morgan fingerprint density at radius 3 is 2.06 bits per heavy atom. The minimum absolute atomic E-state index is 0.332. The van der Waals surface area contributed by atoms with Gasteiger partial charge in [-0.2, -0.15) is 0 Å². The number of carbonyl (C=O) groups excluding carboxylic acids is 2. The number of methoxy groups -OCH3 is 3. The van der Waals surface area contributed by atoms with E-state index in [0.29, 0.717) is 22.9 Å². The first-order valence-electron chi connectivity index (χ1n) is 10.8. The van der Waals surface area contributed by atoms with E-state index in [0.717, 1.165) is 11.3 Å². The fourth-order valence-electron chi connectivity index (χ4n) is 4.58. The molecule has 8 heteroatoms. The van der Waals surface area contributed by atoms with Crippen molar-refractivity contribution >= 4 is 23.2 Å². The standard InChI is InChI=1S/C26H24N2O6/c1-31-18-11-9-16(10-12-18)27-25(29)22-23(20-14-13-19(32-2)15-21(20)33-3)28(34-24(22)26(27)30)17-7-5-4-6-8-17/h4-15,22-24H,1-3H3. The van der Waals surface area contributed by atoms with E-state index in [-0.39, 0.29) is 5.91 Å². The van der Waals surface area contributed by atoms with Crippen LogP contribution >= 0.6 is 0 Å². The molecule has 2 aliphatic heterocycles. The average Bonchev–Trinajstić information content (AvgIpc) is 3.39. The maximum absolute atomic E-state index is 13.7. The van der Waals surface area contributed by atoms with Crippen molar-refractivity contribution < 1.29 is 28.6 Å². The van der Waals surface area contributed by atoms with Crippen molar-refractivity contribution in [2.24, 2.45) is 5.92 Å². The Kier molecular flexibility index (Phi) is 5.59. The summed E-state index contributed by atoms with van der Waals surface area (Å²) >= 11 is 0. The number of carbonyl (C=O) groups is 2. The molecule has 2 saturated heterocycles. The van der Waals surface area contributed by atoms with E-state index in [2.05, 4.69) is 0 Å². The van der Waals surface area contributed by atoms with E-state index < -0.39 is 24.0 Å². The zero-order valence-electron chi connectivity index (χ0n) is 19.0. The molecule has 0 radical (unpaired) electrons. The summed E-state index contributed by atoms with van der Waals surface area (Å²) in [6.45, 7) is 0. The summed E-state index contributed by atoms with van der Waals surface area (Å²) in [5.41, 5.74) is 1.93. The Morgan fingerprint density at radius 1 is 0.735 bits per heavy atom. The number of amides is 2. The minimum atomic E-state index is -0.966. The van der Waals surface area contributed by atoms with Crippen LogP contribution in [0.5, 0.6) is 17.2 Å². The van der Waals surface area contributed by atoms with E-state index >= 15 is 0 Å². The number of para-hydroxylation sites is 1. The third kappa shape index (κ3) is 3.43.